The van der Waals surface area contributed by atoms with Crippen LogP contribution in [0, 0.1) is 23.2 Å². The number of rotatable bonds is 45. The number of nitrogens with zero attached hydrogens (tertiary/aromatic N) is 13. The predicted octanol–water partition coefficient (Wildman–Crippen LogP) is 0.0450. The zero-order chi connectivity index (χ0) is 87.7. The number of sulfonamides is 1. The molecule has 6 heterocycles. The number of amides is 8. The molecule has 12 N–H and O–H groups in total. The van der Waals surface area contributed by atoms with Crippen LogP contribution in [0.15, 0.2) is 54.2 Å². The van der Waals surface area contributed by atoms with Crippen LogP contribution in [0.5, 0.6) is 0 Å². The molecule has 44 nitrogen and oxygen atoms in total. The number of phosphoric acid groups is 3. The van der Waals surface area contributed by atoms with E-state index in [9.17, 15) is 90.3 Å². The number of hydrogen-bond donors (Lipinski definition) is 11. The molecule has 660 valence electrons. The Balaban J connectivity index is 0.821. The highest BCUT2D eigenvalue weighted by Crippen LogP contribution is 2.61. The zero-order valence-electron chi connectivity index (χ0n) is 68.2. The van der Waals surface area contributed by atoms with Crippen LogP contribution >= 0.6 is 35.2 Å². The summed E-state index contributed by atoms with van der Waals surface area (Å²) in [5, 5.41) is 36.8. The Hall–Kier alpha value is -7.59. The van der Waals surface area contributed by atoms with Gasteiger partial charge in [0, 0.05) is 106 Å². The third-order valence-electron chi connectivity index (χ3n) is 20.1. The number of carbonyl (C=O) groups is 8. The summed E-state index contributed by atoms with van der Waals surface area (Å²) in [5.41, 5.74) is 4.95. The molecule has 0 saturated carbocycles. The smallest absolute Gasteiger partial charge is 0.386 e. The van der Waals surface area contributed by atoms with Crippen LogP contribution < -0.4 is 26.4 Å². The first-order valence-corrected chi connectivity index (χ1v) is 45.1. The van der Waals surface area contributed by atoms with Crippen molar-refractivity contribution in [2.24, 2.45) is 28.2 Å². The highest BCUT2D eigenvalue weighted by atomic mass is 32.2. The number of imide groups is 1. The highest BCUT2D eigenvalue weighted by Gasteiger charge is 2.51. The molecule has 3 aliphatic rings. The van der Waals surface area contributed by atoms with Gasteiger partial charge in [0.25, 0.3) is 5.91 Å². The normalized spacial score (nSPS) is 21.1. The Morgan fingerprint density at radius 2 is 1.58 bits per heavy atom. The molecule has 8 amide bonds. The van der Waals surface area contributed by atoms with Gasteiger partial charge in [0.1, 0.15) is 54.0 Å². The van der Waals surface area contributed by atoms with Crippen LogP contribution in [0.2, 0.25) is 0 Å². The first-order valence-electron chi connectivity index (χ1n) is 37.9. The van der Waals surface area contributed by atoms with Crippen molar-refractivity contribution in [1.82, 2.24) is 79.7 Å². The molecule has 0 radical (unpaired) electrons. The number of likely N-dealkylation sites (N-methyl/N-ethyl adjacent to an activating group) is 1. The fourth-order valence-electron chi connectivity index (χ4n) is 13.8. The van der Waals surface area contributed by atoms with Gasteiger partial charge in [0.2, 0.25) is 51.4 Å². The number of nitrogen functional groups attached to an aromatic ring is 1. The molecule has 0 spiro atoms. The van der Waals surface area contributed by atoms with E-state index in [0.29, 0.717) is 37.3 Å². The van der Waals surface area contributed by atoms with Gasteiger partial charge in [-0.25, -0.2) is 42.1 Å². The number of aromatic nitrogens is 7. The van der Waals surface area contributed by atoms with E-state index >= 15 is 0 Å². The molecular formula is C69H111N18O26P3S2. The maximum atomic E-state index is 14.6. The Labute approximate surface area is 687 Å². The van der Waals surface area contributed by atoms with E-state index in [4.69, 9.17) is 34.0 Å². The summed E-state index contributed by atoms with van der Waals surface area (Å²) < 4.78 is 106. The molecule has 3 unspecified atom stereocenters. The van der Waals surface area contributed by atoms with E-state index in [1.807, 2.05) is 65.7 Å². The number of aliphatic hydroxyl groups excluding tert-OH is 2. The molecule has 3 aliphatic heterocycles. The van der Waals surface area contributed by atoms with Crippen LogP contribution in [0.4, 0.5) is 5.82 Å². The molecule has 7 rings (SSSR count). The van der Waals surface area contributed by atoms with Gasteiger partial charge in [0.15, 0.2) is 23.7 Å². The maximum absolute atomic E-state index is 14.6. The number of carbonyl (C=O) groups excluding carboxylic acids is 8. The zero-order valence-corrected chi connectivity index (χ0v) is 72.5. The van der Waals surface area contributed by atoms with Crippen LogP contribution in [-0.2, 0) is 114 Å². The van der Waals surface area contributed by atoms with Crippen molar-refractivity contribution in [2.75, 3.05) is 99.5 Å². The van der Waals surface area contributed by atoms with Gasteiger partial charge in [-0.1, -0.05) is 90.4 Å². The third kappa shape index (κ3) is 27.0. The lowest BCUT2D eigenvalue weighted by atomic mass is 9.87. The number of methoxy groups -OCH3 is 2. The Bertz CT molecular complexity index is 4420. The van der Waals surface area contributed by atoms with E-state index in [1.165, 1.54) is 38.9 Å². The summed E-state index contributed by atoms with van der Waals surface area (Å²) in [5.74, 6) is -5.90. The van der Waals surface area contributed by atoms with Crippen molar-refractivity contribution in [1.29, 1.82) is 0 Å². The van der Waals surface area contributed by atoms with Gasteiger partial charge in [-0.3, -0.25) is 70.8 Å². The van der Waals surface area contributed by atoms with Crippen LogP contribution in [0.1, 0.15) is 111 Å². The lowest BCUT2D eigenvalue weighted by molar-refractivity contribution is -0.146. The number of ether oxygens (including phenoxy) is 3. The first-order chi connectivity index (χ1) is 55.2. The van der Waals surface area contributed by atoms with Crippen molar-refractivity contribution >= 4 is 115 Å². The van der Waals surface area contributed by atoms with Crippen molar-refractivity contribution in [3.8, 4) is 0 Å². The molecular weight excluding hydrogens is 1650 g/mol. The van der Waals surface area contributed by atoms with Gasteiger partial charge in [-0.2, -0.15) is 4.31 Å². The Morgan fingerprint density at radius 1 is 0.898 bits per heavy atom. The molecule has 1 aromatic carbocycles. The van der Waals surface area contributed by atoms with Gasteiger partial charge in [0.05, 0.1) is 79.9 Å². The fourth-order valence-corrected chi connectivity index (χ4v) is 18.7. The molecule has 16 atom stereocenters. The summed E-state index contributed by atoms with van der Waals surface area (Å²) in [7, 11) is -8.95. The largest absolute Gasteiger partial charge is 0.481 e. The van der Waals surface area contributed by atoms with Gasteiger partial charge in [-0.05, 0) is 36.7 Å². The summed E-state index contributed by atoms with van der Waals surface area (Å²) in [6, 6.07) is 5.43. The standard InChI is InChI=1S/C69H111N18O26P3S2/c1-15-41(4)55(83(12)66(97)53(40(2)3)77-68(81(8)9)82(10)11)47(107-13)32-51(89)85-28-19-23-46(85)57(108-14)42(5)62(93)76-45(31-43-21-17-16-18-22-43)63(94)79-118(105,106)30-20-27-84-34-44(78-80-84)35-86-52(90)33-49(65(86)96)117-29-26-71-50(88)24-25-72-64(95)59(92)69(6,7)37-110-116(103,104)113-115(101,102)109-36-48-58(112-114(98,99)100)56(91)67(111-48)87-39-75-54-60(70)73-38-74-61(54)87/h16-18,21-22,34,38-42,45-49,53,55-59,67,91-92H,15,19-20,23-33,35-37H2,1-14H3,(H,71,88)(H,72,95)(H,76,93)(H,79,94)(H,101,102)(H,103,104)(H2,70,73,74)(H2,98,99,100)/t41-,42+,45-,46-,47+,48+,49?,53-,55-,56+,57+,58+,59-,67-/m0/s1. The number of aryl methyl sites for hydroxylation is 1. The number of aliphatic imine (C=N–C) groups is 1. The topological polar surface area (TPSA) is 585 Å². The van der Waals surface area contributed by atoms with Crippen LogP contribution in [0.25, 0.3) is 11.2 Å². The third-order valence-corrected chi connectivity index (χ3v) is 25.7. The number of phosphoric ester groups is 3. The van der Waals surface area contributed by atoms with Crippen molar-refractivity contribution < 1.29 is 122 Å². The quantitative estimate of drug-likeness (QED) is 0.00915. The fraction of sp³-hybridized carbons (Fsp3) is 0.681. The number of aliphatic hydroxyl groups is 2. The molecule has 49 heteroatoms. The minimum atomic E-state index is -5.67. The number of fused-ring (bicyclic) bond motifs is 1. The molecule has 3 aromatic heterocycles. The molecule has 0 aliphatic carbocycles. The molecule has 3 saturated heterocycles. The van der Waals surface area contributed by atoms with Gasteiger partial charge >= 0.3 is 23.5 Å². The molecule has 4 aromatic rings. The molecule has 0 bridgehead atoms. The second-order valence-corrected chi connectivity index (χ2v) is 37.7. The lowest BCUT2D eigenvalue weighted by Crippen LogP contribution is -2.56. The number of nitrogens with two attached hydrogens (primary N) is 1. The van der Waals surface area contributed by atoms with Crippen LogP contribution in [-0.4, -0.2) is 310 Å². The average molecular weight is 1770 g/mol. The van der Waals surface area contributed by atoms with E-state index in [1.54, 1.807) is 54.1 Å². The van der Waals surface area contributed by atoms with Crippen LogP contribution in [0.3, 0.4) is 0 Å². The number of nitrogens with one attached hydrogen (secondary N) is 4. The van der Waals surface area contributed by atoms with E-state index in [2.05, 4.69) is 54.8 Å². The summed E-state index contributed by atoms with van der Waals surface area (Å²) >= 11 is 1.09. The van der Waals surface area contributed by atoms with Crippen molar-refractivity contribution in [2.45, 2.75) is 185 Å². The predicted molar refractivity (Wildman–Crippen MR) is 424 cm³/mol. The van der Waals surface area contributed by atoms with E-state index < -0.39 is 172 Å². The number of hydrogen-bond acceptors (Lipinski definition) is 30. The minimum Gasteiger partial charge on any atom is -0.386 e. The Morgan fingerprint density at radius 3 is 2.21 bits per heavy atom. The maximum Gasteiger partial charge on any atom is 0.481 e. The number of imidazole rings is 1. The highest BCUT2D eigenvalue weighted by molar-refractivity contribution is 8.00. The molecule has 3 fully saturated rings. The minimum absolute atomic E-state index is 0.00273. The van der Waals surface area contributed by atoms with Crippen molar-refractivity contribution in [3.63, 3.8) is 0 Å². The lowest BCUT2D eigenvalue weighted by Gasteiger charge is -2.40. The second kappa shape index (κ2) is 42.8. The van der Waals surface area contributed by atoms with Gasteiger partial charge in [-0.15, -0.1) is 16.9 Å². The number of guanidine groups is 1. The van der Waals surface area contributed by atoms with E-state index in [0.717, 1.165) is 33.9 Å². The summed E-state index contributed by atoms with van der Waals surface area (Å²) in [4.78, 5) is 174. The summed E-state index contributed by atoms with van der Waals surface area (Å²) in [6.07, 6.45) is -6.29. The van der Waals surface area contributed by atoms with Crippen molar-refractivity contribution in [3.05, 3.63) is 60.4 Å². The van der Waals surface area contributed by atoms with E-state index in [-0.39, 0.29) is 110 Å². The Kier molecular flexibility index (Phi) is 35.3. The number of thioether (sulfide) groups is 1. The van der Waals surface area contributed by atoms with Gasteiger partial charge < -0.3 is 85.3 Å². The average Bonchev–Trinajstić information content (AvgIpc) is 1.61. The summed E-state index contributed by atoms with van der Waals surface area (Å²) in [6.45, 7) is 9.52. The number of benzene rings is 1. The number of likely N-dealkylation sites (tertiary alicyclic amines) is 2. The SMILES string of the molecule is CC[C@H](C)[C@@H]([C@@H](CC(=O)N1CCC[C@H]1[C@H](OC)[C@@H](C)C(=O)N[C@@H](Cc1ccccc1)C(=O)NS(=O)(=O)CCCn1cc(CN2C(=O)CC(SCCNC(=O)CCNC(=O)[C@H](O)C(C)(C)COP(=O)(O)OP(=O)(O)OC[C@H]3O[C@H](n4cnc5c(N)ncnc54)[C@H](O)[C@@H]3OP(=O)(O)O)C2=O)nn1)OC)N(C)C(=O)[C@@H](N=C(N(C)C)N(C)C)C(C)C. The second-order valence-electron chi connectivity index (χ2n) is 30.3. The molecule has 118 heavy (non-hydrogen) atoms. The number of anilines is 1. The monoisotopic (exact) mass is 1760 g/mol. The first kappa shape index (κ1) is 97.5.